The van der Waals surface area contributed by atoms with Gasteiger partial charge in [-0.3, -0.25) is 4.79 Å². The number of carbonyl (C=O) groups excluding carboxylic acids is 1. The van der Waals surface area contributed by atoms with E-state index < -0.39 is 15.9 Å². The molecule has 184 valence electrons. The van der Waals surface area contributed by atoms with E-state index in [0.29, 0.717) is 10.4 Å². The molecule has 0 N–H and O–H groups in total. The van der Waals surface area contributed by atoms with Crippen LogP contribution in [0.4, 0.5) is 0 Å². The highest BCUT2D eigenvalue weighted by Gasteiger charge is 2.24. The number of fused-ring (bicyclic) bond motifs is 1. The number of aryl methyl sites for hydroxylation is 2. The van der Waals surface area contributed by atoms with E-state index in [2.05, 4.69) is 34.7 Å². The number of hydrogen-bond donors (Lipinski definition) is 0. The second kappa shape index (κ2) is 11.9. The van der Waals surface area contributed by atoms with Crippen LogP contribution < -0.4 is 4.80 Å². The standard InChI is InChI=1S/C24H31N3O5S2/c1-5-12-27-21-11-6-18(2)17-22(21)33-24(27)25-23(28)19-7-9-20(10-8-19)34(29,30)26(13-15-31-3)14-16-32-4/h6-11,17H,5,12-16H2,1-4H3. The average Bonchev–Trinajstić information content (AvgIpc) is 3.15. The predicted molar refractivity (Wildman–Crippen MR) is 134 cm³/mol. The molecule has 0 bridgehead atoms. The molecular weight excluding hydrogens is 474 g/mol. The van der Waals surface area contributed by atoms with E-state index in [1.165, 1.54) is 54.1 Å². The molecule has 1 aromatic heterocycles. The quantitative estimate of drug-likeness (QED) is 0.398. The number of ether oxygens (including phenoxy) is 2. The largest absolute Gasteiger partial charge is 0.383 e. The van der Waals surface area contributed by atoms with Gasteiger partial charge in [0.25, 0.3) is 5.91 Å². The molecule has 34 heavy (non-hydrogen) atoms. The Morgan fingerprint density at radius 3 is 2.29 bits per heavy atom. The van der Waals surface area contributed by atoms with Crippen molar-refractivity contribution in [2.24, 2.45) is 4.99 Å². The van der Waals surface area contributed by atoms with Crippen LogP contribution in [0, 0.1) is 6.92 Å². The number of aromatic nitrogens is 1. The molecule has 0 aliphatic carbocycles. The zero-order valence-corrected chi connectivity index (χ0v) is 21.6. The summed E-state index contributed by atoms with van der Waals surface area (Å²) in [5.74, 6) is -0.410. The number of hydrogen-bond acceptors (Lipinski definition) is 6. The maximum Gasteiger partial charge on any atom is 0.279 e. The van der Waals surface area contributed by atoms with Gasteiger partial charge in [-0.1, -0.05) is 24.3 Å². The van der Waals surface area contributed by atoms with Crippen LogP contribution in [-0.2, 0) is 26.0 Å². The molecule has 0 aliphatic heterocycles. The van der Waals surface area contributed by atoms with Crippen LogP contribution in [0.1, 0.15) is 29.3 Å². The summed E-state index contributed by atoms with van der Waals surface area (Å²) in [6.45, 7) is 5.83. The minimum Gasteiger partial charge on any atom is -0.383 e. The number of benzene rings is 2. The first-order valence-corrected chi connectivity index (χ1v) is 13.3. The van der Waals surface area contributed by atoms with E-state index >= 15 is 0 Å². The van der Waals surface area contributed by atoms with Gasteiger partial charge in [0.1, 0.15) is 0 Å². The molecular formula is C24H31N3O5S2. The summed E-state index contributed by atoms with van der Waals surface area (Å²) >= 11 is 1.48. The lowest BCUT2D eigenvalue weighted by atomic mass is 10.2. The van der Waals surface area contributed by atoms with E-state index in [1.807, 2.05) is 6.92 Å². The van der Waals surface area contributed by atoms with E-state index in [0.717, 1.165) is 28.7 Å². The van der Waals surface area contributed by atoms with Gasteiger partial charge in [0.2, 0.25) is 10.0 Å². The molecule has 0 unspecified atom stereocenters. The Bertz CT molecular complexity index is 1290. The highest BCUT2D eigenvalue weighted by atomic mass is 32.2. The van der Waals surface area contributed by atoms with Crippen LogP contribution in [0.15, 0.2) is 52.4 Å². The van der Waals surface area contributed by atoms with Gasteiger partial charge in [0.15, 0.2) is 4.80 Å². The van der Waals surface area contributed by atoms with Crippen molar-refractivity contribution in [3.8, 4) is 0 Å². The molecule has 3 aromatic rings. The van der Waals surface area contributed by atoms with Crippen LogP contribution in [-0.4, -0.2) is 63.7 Å². The van der Waals surface area contributed by atoms with E-state index in [9.17, 15) is 13.2 Å². The fraction of sp³-hybridized carbons (Fsp3) is 0.417. The maximum atomic E-state index is 13.1. The normalized spacial score (nSPS) is 12.7. The zero-order chi connectivity index (χ0) is 24.7. The van der Waals surface area contributed by atoms with E-state index in [1.54, 1.807) is 0 Å². The van der Waals surface area contributed by atoms with Gasteiger partial charge in [0, 0.05) is 39.4 Å². The van der Waals surface area contributed by atoms with Crippen molar-refractivity contribution in [3.63, 3.8) is 0 Å². The number of rotatable bonds is 11. The number of thiazole rings is 1. The number of methoxy groups -OCH3 is 2. The molecule has 0 radical (unpaired) electrons. The monoisotopic (exact) mass is 505 g/mol. The first-order valence-electron chi connectivity index (χ1n) is 11.1. The lowest BCUT2D eigenvalue weighted by Crippen LogP contribution is -2.36. The minimum atomic E-state index is -3.75. The summed E-state index contributed by atoms with van der Waals surface area (Å²) in [6.07, 6.45) is 0.913. The molecule has 3 rings (SSSR count). The van der Waals surface area contributed by atoms with Gasteiger partial charge in [-0.25, -0.2) is 8.42 Å². The SMILES string of the molecule is CCCn1c(=NC(=O)c2ccc(S(=O)(=O)N(CCOC)CCOC)cc2)sc2cc(C)ccc21. The minimum absolute atomic E-state index is 0.106. The molecule has 10 heteroatoms. The Balaban J connectivity index is 1.90. The Morgan fingerprint density at radius 1 is 1.06 bits per heavy atom. The molecule has 2 aromatic carbocycles. The van der Waals surface area contributed by atoms with Crippen molar-refractivity contribution in [3.05, 3.63) is 58.4 Å². The highest BCUT2D eigenvalue weighted by Crippen LogP contribution is 2.20. The van der Waals surface area contributed by atoms with Crippen LogP contribution in [0.2, 0.25) is 0 Å². The third-order valence-corrected chi connectivity index (χ3v) is 8.27. The van der Waals surface area contributed by atoms with Gasteiger partial charge < -0.3 is 14.0 Å². The molecule has 1 heterocycles. The molecule has 0 saturated heterocycles. The van der Waals surface area contributed by atoms with Crippen LogP contribution >= 0.6 is 11.3 Å². The smallest absolute Gasteiger partial charge is 0.279 e. The molecule has 1 amide bonds. The molecule has 0 saturated carbocycles. The lowest BCUT2D eigenvalue weighted by molar-refractivity contribution is 0.0997. The Morgan fingerprint density at radius 2 is 1.71 bits per heavy atom. The number of carbonyl (C=O) groups is 1. The predicted octanol–water partition coefficient (Wildman–Crippen LogP) is 3.45. The summed E-state index contributed by atoms with van der Waals surface area (Å²) in [6, 6.07) is 12.1. The van der Waals surface area contributed by atoms with Gasteiger partial charge in [0.05, 0.1) is 28.3 Å². The van der Waals surface area contributed by atoms with E-state index in [-0.39, 0.29) is 31.2 Å². The van der Waals surface area contributed by atoms with Crippen molar-refractivity contribution >= 4 is 37.5 Å². The average molecular weight is 506 g/mol. The fourth-order valence-electron chi connectivity index (χ4n) is 3.51. The second-order valence-electron chi connectivity index (χ2n) is 7.84. The molecule has 0 spiro atoms. The third-order valence-electron chi connectivity index (χ3n) is 5.31. The fourth-order valence-corrected chi connectivity index (χ4v) is 6.07. The van der Waals surface area contributed by atoms with Crippen LogP contribution in [0.5, 0.6) is 0 Å². The molecule has 0 atom stereocenters. The van der Waals surface area contributed by atoms with Crippen molar-refractivity contribution in [1.82, 2.24) is 8.87 Å². The van der Waals surface area contributed by atoms with Gasteiger partial charge in [-0.2, -0.15) is 9.30 Å². The second-order valence-corrected chi connectivity index (χ2v) is 10.8. The summed E-state index contributed by atoms with van der Waals surface area (Å²) in [7, 11) is -0.711. The molecule has 8 nitrogen and oxygen atoms in total. The topological polar surface area (TPSA) is 90.2 Å². The third kappa shape index (κ3) is 6.00. The summed E-state index contributed by atoms with van der Waals surface area (Å²) in [5, 5.41) is 0. The van der Waals surface area contributed by atoms with Crippen molar-refractivity contribution in [1.29, 1.82) is 0 Å². The molecule has 0 aliphatic rings. The summed E-state index contributed by atoms with van der Waals surface area (Å²) in [4.78, 5) is 18.0. The van der Waals surface area contributed by atoms with Gasteiger partial charge >= 0.3 is 0 Å². The Kier molecular flexibility index (Phi) is 9.15. The summed E-state index contributed by atoms with van der Waals surface area (Å²) in [5.41, 5.74) is 2.53. The Labute approximate surface area is 204 Å². The number of nitrogens with zero attached hydrogens (tertiary/aromatic N) is 3. The summed E-state index contributed by atoms with van der Waals surface area (Å²) < 4.78 is 40.7. The highest BCUT2D eigenvalue weighted by molar-refractivity contribution is 7.89. The van der Waals surface area contributed by atoms with E-state index in [4.69, 9.17) is 9.47 Å². The first kappa shape index (κ1) is 26.2. The maximum absolute atomic E-state index is 13.1. The molecule has 0 fully saturated rings. The van der Waals surface area contributed by atoms with Gasteiger partial charge in [-0.05, 0) is 55.3 Å². The lowest BCUT2D eigenvalue weighted by Gasteiger charge is -2.21. The van der Waals surface area contributed by atoms with Crippen molar-refractivity contribution in [2.45, 2.75) is 31.7 Å². The van der Waals surface area contributed by atoms with Crippen LogP contribution in [0.3, 0.4) is 0 Å². The number of amides is 1. The van der Waals surface area contributed by atoms with Crippen molar-refractivity contribution in [2.75, 3.05) is 40.5 Å². The first-order chi connectivity index (χ1) is 16.3. The number of sulfonamides is 1. The Hall–Kier alpha value is -2.37. The van der Waals surface area contributed by atoms with Crippen LogP contribution in [0.25, 0.3) is 10.2 Å². The zero-order valence-electron chi connectivity index (χ0n) is 20.0. The van der Waals surface area contributed by atoms with Gasteiger partial charge in [-0.15, -0.1) is 0 Å². The van der Waals surface area contributed by atoms with Crippen molar-refractivity contribution < 1.29 is 22.7 Å².